The lowest BCUT2D eigenvalue weighted by atomic mass is 9.83. The van der Waals surface area contributed by atoms with Gasteiger partial charge in [-0.05, 0) is 63.9 Å². The van der Waals surface area contributed by atoms with Gasteiger partial charge in [0, 0.05) is 19.6 Å². The number of nitrogens with one attached hydrogen (secondary N) is 2. The Labute approximate surface area is 209 Å². The van der Waals surface area contributed by atoms with E-state index >= 15 is 0 Å². The first-order chi connectivity index (χ1) is 16.7. The van der Waals surface area contributed by atoms with Crippen LogP contribution in [0.3, 0.4) is 0 Å². The van der Waals surface area contributed by atoms with Gasteiger partial charge in [0.25, 0.3) is 0 Å². The maximum Gasteiger partial charge on any atom is 0.410 e. The summed E-state index contributed by atoms with van der Waals surface area (Å²) in [5.41, 5.74) is 0.393. The van der Waals surface area contributed by atoms with Crippen molar-refractivity contribution in [2.45, 2.75) is 84.0 Å². The second-order valence-corrected chi connectivity index (χ2v) is 10.7. The molecule has 1 aliphatic heterocycles. The highest BCUT2D eigenvalue weighted by Crippen LogP contribution is 2.27. The van der Waals surface area contributed by atoms with Crippen LogP contribution < -0.4 is 10.6 Å². The molecule has 0 bridgehead atoms. The number of hydrogen-bond acceptors (Lipinski definition) is 5. The van der Waals surface area contributed by atoms with E-state index in [4.69, 9.17) is 9.47 Å². The summed E-state index contributed by atoms with van der Waals surface area (Å²) in [5, 5.41) is 5.91. The topological polar surface area (TPSA) is 97.0 Å². The van der Waals surface area contributed by atoms with E-state index in [1.807, 2.05) is 51.1 Å². The van der Waals surface area contributed by atoms with Crippen LogP contribution in [-0.2, 0) is 20.9 Å². The molecular formula is C27H41N3O5. The minimum atomic E-state index is -0.597. The maximum absolute atomic E-state index is 13.2. The van der Waals surface area contributed by atoms with E-state index < -0.39 is 17.7 Å². The van der Waals surface area contributed by atoms with Crippen molar-refractivity contribution in [3.63, 3.8) is 0 Å². The quantitative estimate of drug-likeness (QED) is 0.585. The molecule has 8 nitrogen and oxygen atoms in total. The number of alkyl carbamates (subject to hydrolysis) is 1. The van der Waals surface area contributed by atoms with Gasteiger partial charge in [0.2, 0.25) is 5.91 Å². The maximum atomic E-state index is 13.2. The number of amides is 3. The summed E-state index contributed by atoms with van der Waals surface area (Å²) in [7, 11) is 0. The average molecular weight is 488 g/mol. The SMILES string of the molecule is CC(C)(C)OC(=O)N1CCC(CNC(=O)C(NC(=O)OCc2ccccc2)C2CCCCC2)CC1. The van der Waals surface area contributed by atoms with Gasteiger partial charge in [0.15, 0.2) is 0 Å². The number of nitrogens with zero attached hydrogens (tertiary/aromatic N) is 1. The fourth-order valence-electron chi connectivity index (χ4n) is 4.76. The van der Waals surface area contributed by atoms with E-state index in [9.17, 15) is 14.4 Å². The van der Waals surface area contributed by atoms with Crippen molar-refractivity contribution >= 4 is 18.1 Å². The number of ether oxygens (including phenoxy) is 2. The second-order valence-electron chi connectivity index (χ2n) is 10.7. The van der Waals surface area contributed by atoms with Gasteiger partial charge in [-0.2, -0.15) is 0 Å². The van der Waals surface area contributed by atoms with E-state index in [0.29, 0.717) is 19.6 Å². The molecule has 1 atom stereocenters. The molecule has 8 heteroatoms. The lowest BCUT2D eigenvalue weighted by Crippen LogP contribution is -2.52. The van der Waals surface area contributed by atoms with Crippen molar-refractivity contribution in [3.05, 3.63) is 35.9 Å². The zero-order valence-corrected chi connectivity index (χ0v) is 21.4. The smallest absolute Gasteiger partial charge is 0.410 e. The Kier molecular flexibility index (Phi) is 9.81. The summed E-state index contributed by atoms with van der Waals surface area (Å²) < 4.78 is 10.8. The number of piperidine rings is 1. The van der Waals surface area contributed by atoms with Crippen molar-refractivity contribution < 1.29 is 23.9 Å². The van der Waals surface area contributed by atoms with Crippen molar-refractivity contribution in [3.8, 4) is 0 Å². The third-order valence-electron chi connectivity index (χ3n) is 6.72. The van der Waals surface area contributed by atoms with Crippen molar-refractivity contribution in [1.29, 1.82) is 0 Å². The van der Waals surface area contributed by atoms with E-state index in [0.717, 1.165) is 44.1 Å². The predicted octanol–water partition coefficient (Wildman–Crippen LogP) is 4.63. The van der Waals surface area contributed by atoms with Crippen LogP contribution in [0.2, 0.25) is 0 Å². The second kappa shape index (κ2) is 12.8. The summed E-state index contributed by atoms with van der Waals surface area (Å²) >= 11 is 0. The van der Waals surface area contributed by atoms with Crippen LogP contribution in [0.25, 0.3) is 0 Å². The third-order valence-corrected chi connectivity index (χ3v) is 6.72. The van der Waals surface area contributed by atoms with Crippen LogP contribution in [0.15, 0.2) is 30.3 Å². The normalized spacial score (nSPS) is 18.4. The molecule has 1 aromatic carbocycles. The molecule has 2 N–H and O–H groups in total. The van der Waals surface area contributed by atoms with Crippen LogP contribution in [0, 0.1) is 11.8 Å². The highest BCUT2D eigenvalue weighted by atomic mass is 16.6. The Morgan fingerprint density at radius 3 is 2.29 bits per heavy atom. The molecule has 1 aromatic rings. The fourth-order valence-corrected chi connectivity index (χ4v) is 4.76. The largest absolute Gasteiger partial charge is 0.445 e. The van der Waals surface area contributed by atoms with Crippen LogP contribution in [0.1, 0.15) is 71.3 Å². The minimum Gasteiger partial charge on any atom is -0.445 e. The first-order valence-electron chi connectivity index (χ1n) is 12.9. The number of rotatable bonds is 7. The van der Waals surface area contributed by atoms with E-state index in [-0.39, 0.29) is 30.4 Å². The van der Waals surface area contributed by atoms with Crippen LogP contribution in [0.5, 0.6) is 0 Å². The molecule has 1 heterocycles. The zero-order valence-electron chi connectivity index (χ0n) is 21.4. The predicted molar refractivity (Wildman–Crippen MR) is 134 cm³/mol. The Balaban J connectivity index is 1.47. The molecule has 2 fully saturated rings. The Bertz CT molecular complexity index is 825. The highest BCUT2D eigenvalue weighted by molar-refractivity contribution is 5.86. The third kappa shape index (κ3) is 9.07. The molecule has 3 rings (SSSR count). The molecule has 1 unspecified atom stereocenters. The van der Waals surface area contributed by atoms with E-state index in [1.54, 1.807) is 4.90 Å². The average Bonchev–Trinajstić information content (AvgIpc) is 2.85. The Morgan fingerprint density at radius 2 is 1.66 bits per heavy atom. The van der Waals surface area contributed by atoms with Crippen molar-refractivity contribution in [2.24, 2.45) is 11.8 Å². The van der Waals surface area contributed by atoms with Gasteiger partial charge in [-0.15, -0.1) is 0 Å². The van der Waals surface area contributed by atoms with E-state index in [2.05, 4.69) is 10.6 Å². The van der Waals surface area contributed by atoms with Crippen molar-refractivity contribution in [1.82, 2.24) is 15.5 Å². The van der Waals surface area contributed by atoms with Crippen LogP contribution >= 0.6 is 0 Å². The molecule has 35 heavy (non-hydrogen) atoms. The highest BCUT2D eigenvalue weighted by Gasteiger charge is 2.32. The first kappa shape index (κ1) is 26.8. The summed E-state index contributed by atoms with van der Waals surface area (Å²) in [5.74, 6) is 0.250. The molecule has 194 valence electrons. The lowest BCUT2D eigenvalue weighted by Gasteiger charge is -2.34. The molecule has 1 saturated heterocycles. The van der Waals surface area contributed by atoms with Gasteiger partial charge in [-0.25, -0.2) is 9.59 Å². The summed E-state index contributed by atoms with van der Waals surface area (Å²) in [6.07, 6.45) is 5.91. The van der Waals surface area contributed by atoms with Crippen LogP contribution in [0.4, 0.5) is 9.59 Å². The number of benzene rings is 1. The standard InChI is InChI=1S/C27H41N3O5/c1-27(2,3)35-26(33)30-16-14-20(15-17-30)18-28-24(31)23(22-12-8-5-9-13-22)29-25(32)34-19-21-10-6-4-7-11-21/h4,6-7,10-11,20,22-23H,5,8-9,12-19H2,1-3H3,(H,28,31)(H,29,32). The summed E-state index contributed by atoms with van der Waals surface area (Å²) in [6, 6.07) is 8.90. The first-order valence-corrected chi connectivity index (χ1v) is 12.9. The monoisotopic (exact) mass is 487 g/mol. The zero-order chi connectivity index (χ0) is 25.3. The van der Waals surface area contributed by atoms with Crippen molar-refractivity contribution in [2.75, 3.05) is 19.6 Å². The summed E-state index contributed by atoms with van der Waals surface area (Å²) in [4.78, 5) is 39.7. The molecule has 2 aliphatic rings. The molecular weight excluding hydrogens is 446 g/mol. The van der Waals surface area contributed by atoms with Gasteiger partial charge >= 0.3 is 12.2 Å². The van der Waals surface area contributed by atoms with Gasteiger partial charge < -0.3 is 25.0 Å². The number of carbonyl (C=O) groups is 3. The summed E-state index contributed by atoms with van der Waals surface area (Å²) in [6.45, 7) is 7.52. The number of hydrogen-bond donors (Lipinski definition) is 2. The fraction of sp³-hybridized carbons (Fsp3) is 0.667. The van der Waals surface area contributed by atoms with E-state index in [1.165, 1.54) is 6.42 Å². The molecule has 0 aromatic heterocycles. The number of likely N-dealkylation sites (tertiary alicyclic amines) is 1. The molecule has 1 aliphatic carbocycles. The van der Waals surface area contributed by atoms with Gasteiger partial charge in [0.05, 0.1) is 0 Å². The van der Waals surface area contributed by atoms with Gasteiger partial charge in [-0.1, -0.05) is 49.6 Å². The number of carbonyl (C=O) groups excluding carboxylic acids is 3. The molecule has 0 radical (unpaired) electrons. The molecule has 3 amide bonds. The molecule has 0 spiro atoms. The molecule has 1 saturated carbocycles. The Morgan fingerprint density at radius 1 is 1.00 bits per heavy atom. The minimum absolute atomic E-state index is 0.113. The van der Waals surface area contributed by atoms with Gasteiger partial charge in [-0.3, -0.25) is 4.79 Å². The lowest BCUT2D eigenvalue weighted by molar-refractivity contribution is -0.125. The van der Waals surface area contributed by atoms with Crippen LogP contribution in [-0.4, -0.2) is 54.3 Å². The Hall–Kier alpha value is -2.77. The van der Waals surface area contributed by atoms with Gasteiger partial charge in [0.1, 0.15) is 18.2 Å².